The number of aromatic nitrogens is 3. The van der Waals surface area contributed by atoms with Crippen LogP contribution in [0.3, 0.4) is 0 Å². The van der Waals surface area contributed by atoms with Gasteiger partial charge in [0, 0.05) is 93.5 Å². The minimum atomic E-state index is -2.81. The van der Waals surface area contributed by atoms with Crippen LogP contribution in [-0.4, -0.2) is 116 Å². The second-order valence-corrected chi connectivity index (χ2v) is 16.5. The summed E-state index contributed by atoms with van der Waals surface area (Å²) in [4.78, 5) is 35.4. The molecule has 2 saturated heterocycles. The number of fused-ring (bicyclic) bond motifs is 1. The molecule has 1 aromatic carbocycles. The van der Waals surface area contributed by atoms with E-state index in [1.165, 1.54) is 35.1 Å². The van der Waals surface area contributed by atoms with E-state index in [2.05, 4.69) is 29.7 Å². The summed E-state index contributed by atoms with van der Waals surface area (Å²) in [5.74, 6) is -2.06. The van der Waals surface area contributed by atoms with Crippen LogP contribution in [0.2, 0.25) is 0 Å². The van der Waals surface area contributed by atoms with Gasteiger partial charge >= 0.3 is 0 Å². The number of β-amino-alcohol motifs (C(OH)–C–C–N with tert-alkyl or cyclic N) is 1. The Morgan fingerprint density at radius 2 is 1.77 bits per heavy atom. The fraction of sp³-hybridized carbons (Fsp3) is 0.590. The summed E-state index contributed by atoms with van der Waals surface area (Å²) < 4.78 is 54.9. The molecule has 0 bridgehead atoms. The monoisotopic (exact) mass is 735 g/mol. The van der Waals surface area contributed by atoms with Gasteiger partial charge in [-0.25, -0.2) is 23.1 Å². The highest BCUT2D eigenvalue weighted by molar-refractivity contribution is 5.97. The number of nitrogens with zero attached hydrogens (tertiary/aromatic N) is 7. The molecule has 11 nitrogen and oxygen atoms in total. The van der Waals surface area contributed by atoms with Crippen LogP contribution in [0.5, 0.6) is 17.2 Å². The number of benzene rings is 1. The summed E-state index contributed by atoms with van der Waals surface area (Å²) in [5.41, 5.74) is 1.82. The van der Waals surface area contributed by atoms with Crippen LogP contribution in [0.4, 0.5) is 19.0 Å². The van der Waals surface area contributed by atoms with Crippen LogP contribution in [0.25, 0.3) is 0 Å². The Bertz CT molecular complexity index is 1830. The molecule has 8 rings (SSSR count). The first kappa shape index (κ1) is 36.0. The Labute approximate surface area is 308 Å². The number of anilines is 1. The lowest BCUT2D eigenvalue weighted by atomic mass is 9.61. The summed E-state index contributed by atoms with van der Waals surface area (Å²) in [6.07, 6.45) is 7.87. The van der Waals surface area contributed by atoms with Crippen LogP contribution >= 0.6 is 0 Å². The molecule has 0 unspecified atom stereocenters. The molecule has 0 radical (unpaired) electrons. The molecule has 4 fully saturated rings. The van der Waals surface area contributed by atoms with Crippen LogP contribution in [0, 0.1) is 11.2 Å². The van der Waals surface area contributed by atoms with Gasteiger partial charge in [0.1, 0.15) is 29.7 Å². The number of likely N-dealkylation sites (tertiary alicyclic amines) is 1. The van der Waals surface area contributed by atoms with Gasteiger partial charge in [0.25, 0.3) is 11.8 Å². The standard InChI is InChI=1S/C39H48F3N7O4/c1-25(2)49(27-14-39(41,42)15-27)36(50)29-13-26(40)5-6-32(29)53-34-18-43-24-45-35(34)48-22-38(23-48)16-28(17-38)52-33-7-9-44-31-8-12-46(19-30(31)33)10-4-11-47-20-37(3,51)21-47/h5-7,9,13,18,24-25,27-28,51H,4,8,10-12,14-17,19-23H2,1-3H3. The van der Waals surface area contributed by atoms with E-state index in [0.717, 1.165) is 95.6 Å². The van der Waals surface area contributed by atoms with Crippen molar-refractivity contribution in [3.63, 3.8) is 0 Å². The highest BCUT2D eigenvalue weighted by Crippen LogP contribution is 2.52. The maximum atomic E-state index is 14.5. The van der Waals surface area contributed by atoms with Crippen molar-refractivity contribution < 1.29 is 32.5 Å². The van der Waals surface area contributed by atoms with Gasteiger partial charge in [-0.3, -0.25) is 19.6 Å². The van der Waals surface area contributed by atoms with Crippen molar-refractivity contribution in [1.82, 2.24) is 29.7 Å². The lowest BCUT2D eigenvalue weighted by molar-refractivity contribution is -0.120. The number of halogens is 3. The van der Waals surface area contributed by atoms with E-state index < -0.39 is 42.1 Å². The molecule has 284 valence electrons. The maximum Gasteiger partial charge on any atom is 0.258 e. The van der Waals surface area contributed by atoms with Gasteiger partial charge in [0.2, 0.25) is 0 Å². The van der Waals surface area contributed by atoms with Crippen LogP contribution in [0.15, 0.2) is 43.0 Å². The molecule has 5 aliphatic rings. The predicted octanol–water partition coefficient (Wildman–Crippen LogP) is 5.31. The van der Waals surface area contributed by atoms with E-state index in [4.69, 9.17) is 9.47 Å². The number of hydrogen-bond acceptors (Lipinski definition) is 10. The van der Waals surface area contributed by atoms with Crippen LogP contribution in [-0.2, 0) is 13.0 Å². The zero-order valence-corrected chi connectivity index (χ0v) is 30.6. The van der Waals surface area contributed by atoms with E-state index >= 15 is 0 Å². The van der Waals surface area contributed by atoms with Crippen molar-refractivity contribution in [3.05, 3.63) is 65.6 Å². The lowest BCUT2D eigenvalue weighted by Crippen LogP contribution is -2.65. The molecular weight excluding hydrogens is 687 g/mol. The summed E-state index contributed by atoms with van der Waals surface area (Å²) in [7, 11) is 0. The summed E-state index contributed by atoms with van der Waals surface area (Å²) in [5, 5.41) is 10.0. The molecule has 53 heavy (non-hydrogen) atoms. The molecule has 2 aromatic heterocycles. The van der Waals surface area contributed by atoms with Gasteiger partial charge < -0.3 is 24.4 Å². The third-order valence-electron chi connectivity index (χ3n) is 11.5. The largest absolute Gasteiger partial charge is 0.490 e. The van der Waals surface area contributed by atoms with Crippen molar-refractivity contribution in [2.75, 3.05) is 50.7 Å². The number of alkyl halides is 2. The third-order valence-corrected chi connectivity index (χ3v) is 11.5. The third kappa shape index (κ3) is 7.42. The first-order chi connectivity index (χ1) is 25.3. The van der Waals surface area contributed by atoms with E-state index in [-0.39, 0.29) is 28.9 Å². The van der Waals surface area contributed by atoms with Gasteiger partial charge in [0.15, 0.2) is 11.6 Å². The lowest BCUT2D eigenvalue weighted by Gasteiger charge is -2.59. The van der Waals surface area contributed by atoms with Crippen molar-refractivity contribution in [1.29, 1.82) is 0 Å². The normalized spacial score (nSPS) is 22.0. The molecule has 0 atom stereocenters. The topological polar surface area (TPSA) is 107 Å². The highest BCUT2D eigenvalue weighted by atomic mass is 19.3. The van der Waals surface area contributed by atoms with Gasteiger partial charge in [-0.1, -0.05) is 0 Å². The number of carbonyl (C=O) groups excluding carboxylic acids is 1. The molecule has 1 spiro atoms. The predicted molar refractivity (Wildman–Crippen MR) is 191 cm³/mol. The molecule has 2 aliphatic carbocycles. The first-order valence-electron chi connectivity index (χ1n) is 18.8. The molecule has 3 aromatic rings. The molecule has 14 heteroatoms. The number of pyridine rings is 1. The van der Waals surface area contributed by atoms with Gasteiger partial charge in [-0.15, -0.1) is 0 Å². The first-order valence-corrected chi connectivity index (χ1v) is 18.8. The zero-order chi connectivity index (χ0) is 37.1. The number of ether oxygens (including phenoxy) is 2. The van der Waals surface area contributed by atoms with Gasteiger partial charge in [-0.2, -0.15) is 0 Å². The quantitative estimate of drug-likeness (QED) is 0.263. The summed E-state index contributed by atoms with van der Waals surface area (Å²) in [6, 6.07) is 4.67. The Hall–Kier alpha value is -4.01. The fourth-order valence-corrected chi connectivity index (χ4v) is 8.99. The molecular formula is C39H48F3N7O4. The van der Waals surface area contributed by atoms with E-state index in [9.17, 15) is 23.1 Å². The van der Waals surface area contributed by atoms with Crippen molar-refractivity contribution in [2.45, 2.75) is 95.6 Å². The maximum absolute atomic E-state index is 14.5. The average Bonchev–Trinajstić information content (AvgIpc) is 3.04. The van der Waals surface area contributed by atoms with E-state index in [1.54, 1.807) is 13.8 Å². The van der Waals surface area contributed by atoms with Crippen molar-refractivity contribution in [3.8, 4) is 17.2 Å². The average molecular weight is 736 g/mol. The van der Waals surface area contributed by atoms with E-state index in [1.807, 2.05) is 19.2 Å². The minimum absolute atomic E-state index is 0.0360. The number of amides is 1. The smallest absolute Gasteiger partial charge is 0.258 e. The SMILES string of the molecule is CC(C)N(C(=O)c1cc(F)ccc1Oc1cncnc1N1CC2(CC(Oc3ccnc4c3CN(CCCN3CC(C)(O)C3)CC4)C2)C1)C1CC(F)(F)C1. The van der Waals surface area contributed by atoms with Gasteiger partial charge in [-0.05, 0) is 77.4 Å². The number of rotatable bonds is 12. The molecule has 1 amide bonds. The number of carbonyl (C=O) groups is 1. The number of aliphatic hydroxyl groups is 1. The van der Waals surface area contributed by atoms with E-state index in [0.29, 0.717) is 11.6 Å². The zero-order valence-electron chi connectivity index (χ0n) is 30.6. The Kier molecular flexibility index (Phi) is 9.29. The van der Waals surface area contributed by atoms with Gasteiger partial charge in [0.05, 0.1) is 17.4 Å². The van der Waals surface area contributed by atoms with Crippen LogP contribution in [0.1, 0.15) is 74.5 Å². The van der Waals surface area contributed by atoms with Crippen molar-refractivity contribution >= 4 is 11.7 Å². The highest BCUT2D eigenvalue weighted by Gasteiger charge is 2.55. The molecule has 1 N–H and O–H groups in total. The molecule has 5 heterocycles. The Balaban J connectivity index is 0.876. The molecule has 3 aliphatic heterocycles. The summed E-state index contributed by atoms with van der Waals surface area (Å²) in [6.45, 7) is 12.2. The second kappa shape index (κ2) is 13.7. The molecule has 2 saturated carbocycles. The van der Waals surface area contributed by atoms with Crippen LogP contribution < -0.4 is 14.4 Å². The number of hydrogen-bond donors (Lipinski definition) is 1. The fourth-order valence-electron chi connectivity index (χ4n) is 8.99. The Morgan fingerprint density at radius 3 is 2.49 bits per heavy atom. The van der Waals surface area contributed by atoms with Crippen molar-refractivity contribution in [2.24, 2.45) is 5.41 Å². The Morgan fingerprint density at radius 1 is 1.02 bits per heavy atom. The minimum Gasteiger partial charge on any atom is -0.490 e. The summed E-state index contributed by atoms with van der Waals surface area (Å²) >= 11 is 0. The second-order valence-electron chi connectivity index (χ2n) is 16.5.